The number of hydrogen-bond donors (Lipinski definition) is 1. The largest absolute Gasteiger partial charge is 0.454 e. The minimum Gasteiger partial charge on any atom is -0.454 e. The number of amides is 2. The molecule has 0 radical (unpaired) electrons. The lowest BCUT2D eigenvalue weighted by molar-refractivity contribution is -0.123. The second-order valence-corrected chi connectivity index (χ2v) is 10.2. The predicted molar refractivity (Wildman–Crippen MR) is 135 cm³/mol. The summed E-state index contributed by atoms with van der Waals surface area (Å²) in [6, 6.07) is 13.4. The molecule has 2 aromatic rings. The molecule has 1 N–H and O–H groups in total. The summed E-state index contributed by atoms with van der Waals surface area (Å²) in [5, 5.41) is 3.18. The van der Waals surface area contributed by atoms with Crippen molar-refractivity contribution in [2.45, 2.75) is 51.5 Å². The predicted octanol–water partition coefficient (Wildman–Crippen LogP) is 4.49. The number of ether oxygens (including phenoxy) is 2. The van der Waals surface area contributed by atoms with E-state index >= 15 is 0 Å². The van der Waals surface area contributed by atoms with Crippen LogP contribution >= 0.6 is 0 Å². The summed E-state index contributed by atoms with van der Waals surface area (Å²) >= 11 is 0. The van der Waals surface area contributed by atoms with Crippen molar-refractivity contribution in [3.63, 3.8) is 0 Å². The monoisotopic (exact) mass is 477 g/mol. The Morgan fingerprint density at radius 2 is 1.60 bits per heavy atom. The summed E-state index contributed by atoms with van der Waals surface area (Å²) in [7, 11) is 0. The molecule has 5 rings (SSSR count). The van der Waals surface area contributed by atoms with E-state index in [2.05, 4.69) is 36.2 Å². The number of carbonyl (C=O) groups excluding carboxylic acids is 2. The summed E-state index contributed by atoms with van der Waals surface area (Å²) in [4.78, 5) is 30.8. The van der Waals surface area contributed by atoms with Crippen LogP contribution in [0.4, 0.5) is 5.69 Å². The Morgan fingerprint density at radius 3 is 2.29 bits per heavy atom. The number of anilines is 1. The molecule has 7 nitrogen and oxygen atoms in total. The molecule has 2 aliphatic heterocycles. The number of rotatable bonds is 6. The molecule has 2 fully saturated rings. The highest BCUT2D eigenvalue weighted by Gasteiger charge is 2.37. The Labute approximate surface area is 207 Å². The first kappa shape index (κ1) is 23.7. The van der Waals surface area contributed by atoms with Crippen LogP contribution in [-0.2, 0) is 4.79 Å². The number of fused-ring (bicyclic) bond motifs is 1. The number of piperazine rings is 1. The topological polar surface area (TPSA) is 71.1 Å². The van der Waals surface area contributed by atoms with Crippen LogP contribution < -0.4 is 14.8 Å². The van der Waals surface area contributed by atoms with Gasteiger partial charge < -0.3 is 19.7 Å². The summed E-state index contributed by atoms with van der Waals surface area (Å²) < 4.78 is 10.8. The van der Waals surface area contributed by atoms with Crippen LogP contribution in [0.2, 0.25) is 0 Å². The average molecular weight is 478 g/mol. The third-order valence-electron chi connectivity index (χ3n) is 7.57. The SMILES string of the molecule is CC(C)c1ccc(NC(=O)C(C2CCCC2)N2CCN(C(=O)c3ccc4c(c3)OCO4)CC2)cc1. The Bertz CT molecular complexity index is 1050. The zero-order valence-electron chi connectivity index (χ0n) is 20.7. The number of nitrogens with one attached hydrogen (secondary N) is 1. The molecule has 2 amide bonds. The van der Waals surface area contributed by atoms with Crippen LogP contribution in [-0.4, -0.2) is 60.6 Å². The van der Waals surface area contributed by atoms with Crippen LogP contribution in [0.15, 0.2) is 42.5 Å². The third kappa shape index (κ3) is 5.15. The van der Waals surface area contributed by atoms with Crippen molar-refractivity contribution >= 4 is 17.5 Å². The fourth-order valence-electron chi connectivity index (χ4n) is 5.53. The Balaban J connectivity index is 1.24. The van der Waals surface area contributed by atoms with E-state index in [4.69, 9.17) is 9.47 Å². The average Bonchev–Trinajstić information content (AvgIpc) is 3.56. The van der Waals surface area contributed by atoms with Gasteiger partial charge in [0.15, 0.2) is 11.5 Å². The smallest absolute Gasteiger partial charge is 0.254 e. The van der Waals surface area contributed by atoms with Gasteiger partial charge in [-0.15, -0.1) is 0 Å². The van der Waals surface area contributed by atoms with Crippen molar-refractivity contribution in [1.82, 2.24) is 9.80 Å². The molecule has 35 heavy (non-hydrogen) atoms. The van der Waals surface area contributed by atoms with Gasteiger partial charge in [0.05, 0.1) is 6.04 Å². The molecule has 0 bridgehead atoms. The van der Waals surface area contributed by atoms with E-state index < -0.39 is 0 Å². The van der Waals surface area contributed by atoms with Crippen molar-refractivity contribution in [2.75, 3.05) is 38.3 Å². The molecule has 0 spiro atoms. The minimum atomic E-state index is -0.162. The summed E-state index contributed by atoms with van der Waals surface area (Å²) in [5.74, 6) is 2.19. The maximum Gasteiger partial charge on any atom is 0.254 e. The van der Waals surface area contributed by atoms with Crippen LogP contribution in [0, 0.1) is 5.92 Å². The van der Waals surface area contributed by atoms with Crippen molar-refractivity contribution in [2.24, 2.45) is 5.92 Å². The van der Waals surface area contributed by atoms with Gasteiger partial charge >= 0.3 is 0 Å². The van der Waals surface area contributed by atoms with Crippen molar-refractivity contribution in [1.29, 1.82) is 0 Å². The van der Waals surface area contributed by atoms with Crippen molar-refractivity contribution in [3.8, 4) is 11.5 Å². The van der Waals surface area contributed by atoms with Gasteiger partial charge in [0.25, 0.3) is 5.91 Å². The van der Waals surface area contributed by atoms with E-state index in [1.807, 2.05) is 17.0 Å². The molecule has 2 heterocycles. The van der Waals surface area contributed by atoms with Gasteiger partial charge in [-0.3, -0.25) is 14.5 Å². The van der Waals surface area contributed by atoms with Gasteiger partial charge in [-0.05, 0) is 60.6 Å². The van der Waals surface area contributed by atoms with E-state index in [1.165, 1.54) is 18.4 Å². The molecule has 186 valence electrons. The molecule has 3 aliphatic rings. The van der Waals surface area contributed by atoms with Crippen LogP contribution in [0.25, 0.3) is 0 Å². The lowest BCUT2D eigenvalue weighted by Crippen LogP contribution is -2.56. The lowest BCUT2D eigenvalue weighted by Gasteiger charge is -2.40. The summed E-state index contributed by atoms with van der Waals surface area (Å²) in [5.41, 5.74) is 2.72. The zero-order valence-corrected chi connectivity index (χ0v) is 20.7. The fourth-order valence-corrected chi connectivity index (χ4v) is 5.53. The first-order chi connectivity index (χ1) is 17.0. The quantitative estimate of drug-likeness (QED) is 0.664. The molecular weight excluding hydrogens is 442 g/mol. The Morgan fingerprint density at radius 1 is 0.914 bits per heavy atom. The normalized spacial score (nSPS) is 19.2. The van der Waals surface area contributed by atoms with Crippen LogP contribution in [0.3, 0.4) is 0 Å². The molecule has 2 aromatic carbocycles. The van der Waals surface area contributed by atoms with Crippen LogP contribution in [0.1, 0.15) is 61.4 Å². The number of carbonyl (C=O) groups is 2. The summed E-state index contributed by atoms with van der Waals surface area (Å²) in [6.07, 6.45) is 4.53. The molecule has 1 saturated carbocycles. The minimum absolute atomic E-state index is 0.00457. The van der Waals surface area contributed by atoms with Gasteiger partial charge in [0.1, 0.15) is 0 Å². The zero-order chi connectivity index (χ0) is 24.4. The summed E-state index contributed by atoms with van der Waals surface area (Å²) in [6.45, 7) is 7.12. The van der Waals surface area contributed by atoms with E-state index in [-0.39, 0.29) is 24.6 Å². The van der Waals surface area contributed by atoms with Crippen LogP contribution in [0.5, 0.6) is 11.5 Å². The Kier molecular flexibility index (Phi) is 6.95. The fraction of sp³-hybridized carbons (Fsp3) is 0.500. The standard InChI is InChI=1S/C28H35N3O4/c1-19(2)20-7-10-23(11-8-20)29-27(32)26(21-5-3-4-6-21)30-13-15-31(16-14-30)28(33)22-9-12-24-25(17-22)35-18-34-24/h7-12,17,19,21,26H,3-6,13-16,18H2,1-2H3,(H,29,32). The highest BCUT2D eigenvalue weighted by molar-refractivity contribution is 5.96. The van der Waals surface area contributed by atoms with Gasteiger partial charge in [-0.2, -0.15) is 0 Å². The highest BCUT2D eigenvalue weighted by atomic mass is 16.7. The third-order valence-corrected chi connectivity index (χ3v) is 7.57. The molecule has 1 aliphatic carbocycles. The maximum absolute atomic E-state index is 13.5. The van der Waals surface area contributed by atoms with E-state index in [0.717, 1.165) is 18.5 Å². The molecule has 1 saturated heterocycles. The van der Waals surface area contributed by atoms with E-state index in [9.17, 15) is 9.59 Å². The first-order valence-electron chi connectivity index (χ1n) is 12.8. The number of benzene rings is 2. The number of nitrogens with zero attached hydrogens (tertiary/aromatic N) is 2. The maximum atomic E-state index is 13.5. The number of hydrogen-bond acceptors (Lipinski definition) is 5. The molecule has 1 unspecified atom stereocenters. The van der Waals surface area contributed by atoms with Gasteiger partial charge in [0.2, 0.25) is 12.7 Å². The molecule has 7 heteroatoms. The molecule has 1 atom stereocenters. The van der Waals surface area contributed by atoms with Gasteiger partial charge in [-0.25, -0.2) is 0 Å². The van der Waals surface area contributed by atoms with E-state index in [0.29, 0.717) is 55.1 Å². The highest BCUT2D eigenvalue weighted by Crippen LogP contribution is 2.34. The lowest BCUT2D eigenvalue weighted by atomic mass is 9.94. The Hall–Kier alpha value is -3.06. The molecular formula is C28H35N3O4. The van der Waals surface area contributed by atoms with E-state index in [1.54, 1.807) is 18.2 Å². The molecule has 0 aromatic heterocycles. The second-order valence-electron chi connectivity index (χ2n) is 10.2. The van der Waals surface area contributed by atoms with Gasteiger partial charge in [0, 0.05) is 37.4 Å². The second kappa shape index (κ2) is 10.3. The van der Waals surface area contributed by atoms with Crippen molar-refractivity contribution in [3.05, 3.63) is 53.6 Å². The van der Waals surface area contributed by atoms with Gasteiger partial charge in [-0.1, -0.05) is 38.8 Å². The van der Waals surface area contributed by atoms with Crippen molar-refractivity contribution < 1.29 is 19.1 Å². The first-order valence-corrected chi connectivity index (χ1v) is 12.8.